The van der Waals surface area contributed by atoms with Crippen molar-refractivity contribution in [3.63, 3.8) is 0 Å². The Kier molecular flexibility index (Phi) is 4.17. The summed E-state index contributed by atoms with van der Waals surface area (Å²) in [6, 6.07) is 8.15. The van der Waals surface area contributed by atoms with Crippen LogP contribution in [0, 0.1) is 0 Å². The third-order valence-corrected chi connectivity index (χ3v) is 3.57. The van der Waals surface area contributed by atoms with Gasteiger partial charge < -0.3 is 18.9 Å². The monoisotopic (exact) mass is 276 g/mol. The Morgan fingerprint density at radius 2 is 2.15 bits per heavy atom. The highest BCUT2D eigenvalue weighted by Crippen LogP contribution is 2.34. The molecule has 2 unspecified atom stereocenters. The third kappa shape index (κ3) is 3.10. The molecule has 20 heavy (non-hydrogen) atoms. The summed E-state index contributed by atoms with van der Waals surface area (Å²) in [5.74, 6) is -0.778. The second-order valence-corrected chi connectivity index (χ2v) is 5.15. The average Bonchev–Trinajstić information content (AvgIpc) is 3.10. The van der Waals surface area contributed by atoms with Gasteiger partial charge in [0.25, 0.3) is 5.97 Å². The van der Waals surface area contributed by atoms with Gasteiger partial charge in [0.15, 0.2) is 0 Å². The van der Waals surface area contributed by atoms with Crippen LogP contribution >= 0.6 is 0 Å². The van der Waals surface area contributed by atoms with Crippen molar-refractivity contribution >= 4 is 6.08 Å². The van der Waals surface area contributed by atoms with E-state index in [1.807, 2.05) is 30.3 Å². The molecule has 0 radical (unpaired) electrons. The van der Waals surface area contributed by atoms with E-state index in [9.17, 15) is 0 Å². The lowest BCUT2D eigenvalue weighted by Crippen LogP contribution is -2.30. The molecule has 0 bridgehead atoms. The summed E-state index contributed by atoms with van der Waals surface area (Å²) in [6.07, 6.45) is 3.59. The molecule has 2 fully saturated rings. The lowest BCUT2D eigenvalue weighted by atomic mass is 10.1. The van der Waals surface area contributed by atoms with E-state index in [0.717, 1.165) is 24.0 Å². The van der Waals surface area contributed by atoms with E-state index < -0.39 is 5.97 Å². The van der Waals surface area contributed by atoms with E-state index in [4.69, 9.17) is 18.9 Å². The Labute approximate surface area is 119 Å². The lowest BCUT2D eigenvalue weighted by Gasteiger charge is -2.20. The van der Waals surface area contributed by atoms with Gasteiger partial charge in [-0.2, -0.15) is 0 Å². The zero-order valence-corrected chi connectivity index (χ0v) is 11.5. The van der Waals surface area contributed by atoms with Crippen LogP contribution < -0.4 is 0 Å². The SMILES string of the molecule is C=Cc1ccc(COCC2COC3(CCCO3)O2)cc1. The number of benzene rings is 1. The van der Waals surface area contributed by atoms with Crippen LogP contribution in [0.15, 0.2) is 30.8 Å². The molecular formula is C16H20O4. The molecule has 2 aliphatic rings. The second-order valence-electron chi connectivity index (χ2n) is 5.15. The minimum absolute atomic E-state index is 0.0412. The van der Waals surface area contributed by atoms with E-state index in [-0.39, 0.29) is 6.10 Å². The molecule has 0 amide bonds. The second kappa shape index (κ2) is 6.06. The molecule has 1 aromatic rings. The normalized spacial score (nSPS) is 29.1. The van der Waals surface area contributed by atoms with Crippen molar-refractivity contribution in [2.45, 2.75) is 31.5 Å². The highest BCUT2D eigenvalue weighted by Gasteiger charge is 2.45. The molecule has 2 atom stereocenters. The standard InChI is InChI=1S/C16H20O4/c1-2-13-4-6-14(7-5-13)10-17-11-15-12-19-16(20-15)8-3-9-18-16/h2,4-7,15H,1,3,8-12H2. The minimum Gasteiger partial charge on any atom is -0.374 e. The molecule has 2 saturated heterocycles. The first kappa shape index (κ1) is 13.8. The molecule has 4 nitrogen and oxygen atoms in total. The van der Waals surface area contributed by atoms with Crippen LogP contribution in [0.5, 0.6) is 0 Å². The zero-order chi connectivity index (χ0) is 13.8. The molecule has 4 heteroatoms. The predicted molar refractivity (Wildman–Crippen MR) is 74.9 cm³/mol. The van der Waals surface area contributed by atoms with Gasteiger partial charge in [-0.15, -0.1) is 0 Å². The van der Waals surface area contributed by atoms with E-state index in [0.29, 0.717) is 26.4 Å². The molecular weight excluding hydrogens is 256 g/mol. The summed E-state index contributed by atoms with van der Waals surface area (Å²) in [4.78, 5) is 0. The molecule has 1 spiro atoms. The summed E-state index contributed by atoms with van der Waals surface area (Å²) >= 11 is 0. The van der Waals surface area contributed by atoms with Crippen LogP contribution in [0.1, 0.15) is 24.0 Å². The van der Waals surface area contributed by atoms with E-state index >= 15 is 0 Å². The van der Waals surface area contributed by atoms with Crippen molar-refractivity contribution < 1.29 is 18.9 Å². The smallest absolute Gasteiger partial charge is 0.283 e. The summed E-state index contributed by atoms with van der Waals surface area (Å²) in [5, 5.41) is 0. The Hall–Kier alpha value is -1.20. The summed E-state index contributed by atoms with van der Waals surface area (Å²) < 4.78 is 22.6. The fraction of sp³-hybridized carbons (Fsp3) is 0.500. The quantitative estimate of drug-likeness (QED) is 0.828. The van der Waals surface area contributed by atoms with Gasteiger partial charge in [-0.25, -0.2) is 0 Å². The Bertz CT molecular complexity index is 448. The predicted octanol–water partition coefficient (Wildman–Crippen LogP) is 2.73. The van der Waals surface area contributed by atoms with Crippen molar-refractivity contribution in [3.05, 3.63) is 42.0 Å². The number of hydrogen-bond donors (Lipinski definition) is 0. The summed E-state index contributed by atoms with van der Waals surface area (Å²) in [6.45, 7) is 6.08. The third-order valence-electron chi connectivity index (χ3n) is 3.57. The van der Waals surface area contributed by atoms with Gasteiger partial charge in [-0.05, 0) is 17.5 Å². The van der Waals surface area contributed by atoms with Crippen molar-refractivity contribution in [1.29, 1.82) is 0 Å². The van der Waals surface area contributed by atoms with Gasteiger partial charge in [0, 0.05) is 6.42 Å². The largest absolute Gasteiger partial charge is 0.374 e. The molecule has 2 aliphatic heterocycles. The molecule has 1 aromatic carbocycles. The van der Waals surface area contributed by atoms with Crippen molar-refractivity contribution in [2.75, 3.05) is 19.8 Å². The molecule has 0 N–H and O–H groups in total. The first-order valence-electron chi connectivity index (χ1n) is 7.04. The van der Waals surface area contributed by atoms with Gasteiger partial charge in [-0.1, -0.05) is 36.9 Å². The topological polar surface area (TPSA) is 36.9 Å². The molecule has 0 aliphatic carbocycles. The van der Waals surface area contributed by atoms with E-state index in [1.165, 1.54) is 0 Å². The molecule has 0 aromatic heterocycles. The maximum Gasteiger partial charge on any atom is 0.283 e. The van der Waals surface area contributed by atoms with Crippen LogP contribution in [0.3, 0.4) is 0 Å². The van der Waals surface area contributed by atoms with Gasteiger partial charge in [0.1, 0.15) is 6.10 Å². The summed E-state index contributed by atoms with van der Waals surface area (Å²) in [7, 11) is 0. The highest BCUT2D eigenvalue weighted by atomic mass is 16.9. The van der Waals surface area contributed by atoms with Crippen LogP contribution in [-0.2, 0) is 25.6 Å². The fourth-order valence-electron chi connectivity index (χ4n) is 2.48. The molecule has 2 heterocycles. The fourth-order valence-corrected chi connectivity index (χ4v) is 2.48. The Morgan fingerprint density at radius 3 is 2.85 bits per heavy atom. The van der Waals surface area contributed by atoms with Crippen LogP contribution in [0.2, 0.25) is 0 Å². The average molecular weight is 276 g/mol. The van der Waals surface area contributed by atoms with Gasteiger partial charge in [0.2, 0.25) is 0 Å². The Morgan fingerprint density at radius 1 is 1.30 bits per heavy atom. The van der Waals surface area contributed by atoms with Gasteiger partial charge in [0.05, 0.1) is 26.4 Å². The maximum atomic E-state index is 5.80. The Balaban J connectivity index is 1.42. The zero-order valence-electron chi connectivity index (χ0n) is 11.5. The minimum atomic E-state index is -0.778. The van der Waals surface area contributed by atoms with E-state index in [1.54, 1.807) is 0 Å². The highest BCUT2D eigenvalue weighted by molar-refractivity contribution is 5.47. The number of hydrogen-bond acceptors (Lipinski definition) is 4. The summed E-state index contributed by atoms with van der Waals surface area (Å²) in [5.41, 5.74) is 2.25. The van der Waals surface area contributed by atoms with Crippen molar-refractivity contribution in [3.8, 4) is 0 Å². The van der Waals surface area contributed by atoms with Crippen molar-refractivity contribution in [2.24, 2.45) is 0 Å². The van der Waals surface area contributed by atoms with Crippen molar-refractivity contribution in [1.82, 2.24) is 0 Å². The molecule has 0 saturated carbocycles. The van der Waals surface area contributed by atoms with Gasteiger partial charge in [-0.3, -0.25) is 0 Å². The molecule has 108 valence electrons. The first-order chi connectivity index (χ1) is 9.80. The first-order valence-corrected chi connectivity index (χ1v) is 7.04. The number of rotatable bonds is 5. The van der Waals surface area contributed by atoms with Crippen LogP contribution in [-0.4, -0.2) is 31.9 Å². The van der Waals surface area contributed by atoms with E-state index in [2.05, 4.69) is 6.58 Å². The molecule has 3 rings (SSSR count). The maximum absolute atomic E-state index is 5.80. The number of ether oxygens (including phenoxy) is 4. The van der Waals surface area contributed by atoms with Gasteiger partial charge >= 0.3 is 0 Å². The lowest BCUT2D eigenvalue weighted by molar-refractivity contribution is -0.315. The van der Waals surface area contributed by atoms with Crippen LogP contribution in [0.4, 0.5) is 0 Å². The van der Waals surface area contributed by atoms with Crippen LogP contribution in [0.25, 0.3) is 6.08 Å².